The molecule has 0 amide bonds. The van der Waals surface area contributed by atoms with Crippen LogP contribution in [-0.4, -0.2) is 30.1 Å². The van der Waals surface area contributed by atoms with Gasteiger partial charge >= 0.3 is 0 Å². The lowest BCUT2D eigenvalue weighted by atomic mass is 9.70. The summed E-state index contributed by atoms with van der Waals surface area (Å²) in [6, 6.07) is 0. The predicted molar refractivity (Wildman–Crippen MR) is 81.0 cm³/mol. The molecule has 0 aromatic carbocycles. The van der Waals surface area contributed by atoms with Crippen LogP contribution >= 0.6 is 0 Å². The largest absolute Gasteiger partial charge is 0.329 e. The van der Waals surface area contributed by atoms with Crippen molar-refractivity contribution in [2.75, 3.05) is 19.6 Å². The first kappa shape index (κ1) is 13.9. The summed E-state index contributed by atoms with van der Waals surface area (Å²) in [5.74, 6) is 3.70. The number of hydrogen-bond acceptors (Lipinski definition) is 2. The monoisotopic (exact) mass is 264 g/mol. The Labute approximate surface area is 119 Å². The molecule has 0 aromatic rings. The highest BCUT2D eigenvalue weighted by Gasteiger charge is 2.44. The standard InChI is InChI=1S/C17H32N2/c1-13-7-14(2)9-17(8-13,12-18)19(10-15-3-4-15)11-16-5-6-16/h13-16H,3-12,18H2,1-2H3. The fraction of sp³-hybridized carbons (Fsp3) is 1.00. The Morgan fingerprint density at radius 2 is 1.42 bits per heavy atom. The van der Waals surface area contributed by atoms with E-state index < -0.39 is 0 Å². The second kappa shape index (κ2) is 5.37. The van der Waals surface area contributed by atoms with Crippen molar-refractivity contribution in [3.05, 3.63) is 0 Å². The van der Waals surface area contributed by atoms with Crippen molar-refractivity contribution in [2.45, 2.75) is 64.3 Å². The molecule has 2 nitrogen and oxygen atoms in total. The minimum Gasteiger partial charge on any atom is -0.329 e. The second-order valence-corrected chi connectivity index (χ2v) is 8.07. The van der Waals surface area contributed by atoms with Gasteiger partial charge in [0.05, 0.1) is 0 Å². The first-order valence-corrected chi connectivity index (χ1v) is 8.56. The number of hydrogen-bond donors (Lipinski definition) is 1. The quantitative estimate of drug-likeness (QED) is 0.798. The minimum atomic E-state index is 0.336. The lowest BCUT2D eigenvalue weighted by Crippen LogP contribution is -2.58. The Morgan fingerprint density at radius 1 is 0.947 bits per heavy atom. The van der Waals surface area contributed by atoms with Crippen molar-refractivity contribution in [3.63, 3.8) is 0 Å². The predicted octanol–water partition coefficient (Wildman–Crippen LogP) is 3.26. The van der Waals surface area contributed by atoms with Crippen LogP contribution in [0.15, 0.2) is 0 Å². The molecule has 0 radical (unpaired) electrons. The van der Waals surface area contributed by atoms with Gasteiger partial charge in [-0.2, -0.15) is 0 Å². The van der Waals surface area contributed by atoms with E-state index in [2.05, 4.69) is 18.7 Å². The van der Waals surface area contributed by atoms with Crippen molar-refractivity contribution in [1.82, 2.24) is 4.90 Å². The van der Waals surface area contributed by atoms with Gasteiger partial charge in [0.25, 0.3) is 0 Å². The maximum Gasteiger partial charge on any atom is 0.0337 e. The SMILES string of the molecule is CC1CC(C)CC(CN)(N(CC2CC2)CC2CC2)C1. The van der Waals surface area contributed by atoms with Gasteiger partial charge in [0.15, 0.2) is 0 Å². The summed E-state index contributed by atoms with van der Waals surface area (Å²) >= 11 is 0. The summed E-state index contributed by atoms with van der Waals surface area (Å²) < 4.78 is 0. The van der Waals surface area contributed by atoms with Gasteiger partial charge in [-0.05, 0) is 68.6 Å². The van der Waals surface area contributed by atoms with Crippen LogP contribution < -0.4 is 5.73 Å². The Morgan fingerprint density at radius 3 is 1.79 bits per heavy atom. The molecule has 3 fully saturated rings. The maximum atomic E-state index is 6.31. The minimum absolute atomic E-state index is 0.336. The van der Waals surface area contributed by atoms with E-state index >= 15 is 0 Å². The van der Waals surface area contributed by atoms with Crippen LogP contribution in [0.5, 0.6) is 0 Å². The molecule has 0 spiro atoms. The van der Waals surface area contributed by atoms with E-state index in [1.54, 1.807) is 0 Å². The fourth-order valence-corrected chi connectivity index (χ4v) is 4.47. The lowest BCUT2D eigenvalue weighted by Gasteiger charge is -2.50. The molecule has 3 saturated carbocycles. The molecule has 3 aliphatic rings. The smallest absolute Gasteiger partial charge is 0.0337 e. The van der Waals surface area contributed by atoms with E-state index in [0.717, 1.165) is 30.2 Å². The molecule has 2 unspecified atom stereocenters. The molecule has 0 bridgehead atoms. The summed E-state index contributed by atoms with van der Waals surface area (Å²) in [5.41, 5.74) is 6.65. The molecular formula is C17H32N2. The molecule has 0 aliphatic heterocycles. The van der Waals surface area contributed by atoms with Gasteiger partial charge in [0.1, 0.15) is 0 Å². The van der Waals surface area contributed by atoms with Crippen LogP contribution in [0.4, 0.5) is 0 Å². The number of rotatable bonds is 6. The summed E-state index contributed by atoms with van der Waals surface area (Å²) in [7, 11) is 0. The lowest BCUT2D eigenvalue weighted by molar-refractivity contribution is 0.0125. The van der Waals surface area contributed by atoms with E-state index in [-0.39, 0.29) is 0 Å². The Balaban J connectivity index is 1.73. The highest BCUT2D eigenvalue weighted by Crippen LogP contribution is 2.43. The third kappa shape index (κ3) is 3.33. The first-order chi connectivity index (χ1) is 9.11. The van der Waals surface area contributed by atoms with Crippen LogP contribution in [0.1, 0.15) is 58.8 Å². The summed E-state index contributed by atoms with van der Waals surface area (Å²) in [5, 5.41) is 0. The van der Waals surface area contributed by atoms with Gasteiger partial charge in [-0.25, -0.2) is 0 Å². The van der Waals surface area contributed by atoms with Crippen LogP contribution in [0.3, 0.4) is 0 Å². The van der Waals surface area contributed by atoms with Crippen LogP contribution in [0, 0.1) is 23.7 Å². The Hall–Kier alpha value is -0.0800. The molecule has 3 rings (SSSR count). The maximum absolute atomic E-state index is 6.31. The molecule has 2 heteroatoms. The van der Waals surface area contributed by atoms with Crippen molar-refractivity contribution in [2.24, 2.45) is 29.4 Å². The fourth-order valence-electron chi connectivity index (χ4n) is 4.47. The van der Waals surface area contributed by atoms with E-state index in [9.17, 15) is 0 Å². The Kier molecular flexibility index (Phi) is 3.92. The molecule has 19 heavy (non-hydrogen) atoms. The molecule has 110 valence electrons. The van der Waals surface area contributed by atoms with Crippen molar-refractivity contribution in [3.8, 4) is 0 Å². The first-order valence-electron chi connectivity index (χ1n) is 8.56. The molecule has 0 saturated heterocycles. The molecular weight excluding hydrogens is 232 g/mol. The normalized spacial score (nSPS) is 39.8. The van der Waals surface area contributed by atoms with E-state index in [4.69, 9.17) is 5.73 Å². The third-order valence-electron chi connectivity index (χ3n) is 5.66. The molecule has 2 N–H and O–H groups in total. The van der Waals surface area contributed by atoms with Gasteiger partial charge in [-0.15, -0.1) is 0 Å². The zero-order valence-electron chi connectivity index (χ0n) is 12.9. The zero-order valence-corrected chi connectivity index (χ0v) is 12.9. The highest BCUT2D eigenvalue weighted by molar-refractivity contribution is 5.00. The molecule has 0 heterocycles. The van der Waals surface area contributed by atoms with Gasteiger partial charge in [-0.3, -0.25) is 4.90 Å². The van der Waals surface area contributed by atoms with E-state index in [1.165, 1.54) is 58.0 Å². The van der Waals surface area contributed by atoms with Crippen LogP contribution in [0.2, 0.25) is 0 Å². The molecule has 3 aliphatic carbocycles. The zero-order chi connectivity index (χ0) is 13.5. The van der Waals surface area contributed by atoms with Gasteiger partial charge < -0.3 is 5.73 Å². The van der Waals surface area contributed by atoms with Gasteiger partial charge in [0.2, 0.25) is 0 Å². The van der Waals surface area contributed by atoms with Crippen LogP contribution in [0.25, 0.3) is 0 Å². The van der Waals surface area contributed by atoms with Crippen molar-refractivity contribution < 1.29 is 0 Å². The van der Waals surface area contributed by atoms with Crippen molar-refractivity contribution in [1.29, 1.82) is 0 Å². The average Bonchev–Trinajstić information content (AvgIpc) is 3.21. The van der Waals surface area contributed by atoms with Crippen LogP contribution in [-0.2, 0) is 0 Å². The number of nitrogens with two attached hydrogens (primary N) is 1. The summed E-state index contributed by atoms with van der Waals surface area (Å²) in [6.07, 6.45) is 9.95. The topological polar surface area (TPSA) is 29.3 Å². The summed E-state index contributed by atoms with van der Waals surface area (Å²) in [4.78, 5) is 2.86. The molecule has 0 aromatic heterocycles. The van der Waals surface area contributed by atoms with E-state index in [0.29, 0.717) is 5.54 Å². The van der Waals surface area contributed by atoms with Crippen molar-refractivity contribution >= 4 is 0 Å². The highest BCUT2D eigenvalue weighted by atomic mass is 15.2. The summed E-state index contributed by atoms with van der Waals surface area (Å²) in [6.45, 7) is 8.43. The Bertz CT molecular complexity index is 282. The van der Waals surface area contributed by atoms with E-state index in [1.807, 2.05) is 0 Å². The van der Waals surface area contributed by atoms with Gasteiger partial charge in [-0.1, -0.05) is 13.8 Å². The number of nitrogens with zero attached hydrogens (tertiary/aromatic N) is 1. The molecule has 2 atom stereocenters. The third-order valence-corrected chi connectivity index (χ3v) is 5.66. The van der Waals surface area contributed by atoms with Gasteiger partial charge in [0, 0.05) is 25.2 Å². The second-order valence-electron chi connectivity index (χ2n) is 8.07. The average molecular weight is 264 g/mol.